The van der Waals surface area contributed by atoms with Crippen LogP contribution in [0.5, 0.6) is 0 Å². The van der Waals surface area contributed by atoms with Gasteiger partial charge in [0.2, 0.25) is 5.91 Å². The number of unbranched alkanes of at least 4 members (excludes halogenated alkanes) is 1. The maximum atomic E-state index is 12.8. The lowest BCUT2D eigenvalue weighted by Crippen LogP contribution is -2.37. The van der Waals surface area contributed by atoms with Gasteiger partial charge in [-0.2, -0.15) is 0 Å². The fraction of sp³-hybridized carbons (Fsp3) is 0.500. The summed E-state index contributed by atoms with van der Waals surface area (Å²) in [4.78, 5) is 24.3. The molecule has 0 spiro atoms. The Morgan fingerprint density at radius 2 is 1.91 bits per heavy atom. The van der Waals surface area contributed by atoms with Crippen LogP contribution in [0.15, 0.2) is 24.3 Å². The first-order valence-corrected chi connectivity index (χ1v) is 7.46. The van der Waals surface area contributed by atoms with Crippen molar-refractivity contribution in [2.24, 2.45) is 0 Å². The second kappa shape index (κ2) is 9.89. The van der Waals surface area contributed by atoms with Crippen LogP contribution in [0.25, 0.3) is 0 Å². The smallest absolute Gasteiger partial charge is 0.303 e. The van der Waals surface area contributed by atoms with Crippen molar-refractivity contribution in [3.8, 4) is 0 Å². The van der Waals surface area contributed by atoms with Crippen molar-refractivity contribution in [2.75, 3.05) is 19.6 Å². The number of aliphatic carboxylic acids is 1. The van der Waals surface area contributed by atoms with Crippen LogP contribution >= 0.6 is 0 Å². The predicted octanol–water partition coefficient (Wildman–Crippen LogP) is 2.02. The summed E-state index contributed by atoms with van der Waals surface area (Å²) in [6.07, 6.45) is 1.53. The number of nitrogens with one attached hydrogen (secondary N) is 1. The first-order valence-electron chi connectivity index (χ1n) is 7.46. The molecule has 0 fully saturated rings. The van der Waals surface area contributed by atoms with Gasteiger partial charge in [-0.15, -0.1) is 0 Å². The molecule has 0 heterocycles. The lowest BCUT2D eigenvalue weighted by atomic mass is 10.2. The van der Waals surface area contributed by atoms with Gasteiger partial charge in [-0.3, -0.25) is 14.5 Å². The number of nitrogens with zero attached hydrogens (tertiary/aromatic N) is 1. The standard InChI is InChI=1S/C16H23FN2O3/c1-2-19(10-4-3-5-16(21)22)12-15(20)18-11-13-6-8-14(17)9-7-13/h6-9H,2-5,10-12H2,1H3,(H,18,20)(H,21,22). The Bertz CT molecular complexity index is 477. The maximum absolute atomic E-state index is 12.8. The average Bonchev–Trinajstić information content (AvgIpc) is 2.49. The van der Waals surface area contributed by atoms with Gasteiger partial charge in [0.1, 0.15) is 5.82 Å². The van der Waals surface area contributed by atoms with Crippen molar-refractivity contribution in [3.05, 3.63) is 35.6 Å². The lowest BCUT2D eigenvalue weighted by molar-refractivity contribution is -0.137. The summed E-state index contributed by atoms with van der Waals surface area (Å²) in [6, 6.07) is 6.00. The van der Waals surface area contributed by atoms with E-state index in [0.29, 0.717) is 19.5 Å². The van der Waals surface area contributed by atoms with Gasteiger partial charge < -0.3 is 10.4 Å². The van der Waals surface area contributed by atoms with E-state index in [2.05, 4.69) is 5.32 Å². The Morgan fingerprint density at radius 3 is 2.50 bits per heavy atom. The second-order valence-electron chi connectivity index (χ2n) is 5.12. The Balaban J connectivity index is 2.26. The number of carbonyl (C=O) groups excluding carboxylic acids is 1. The van der Waals surface area contributed by atoms with Crippen molar-refractivity contribution in [1.29, 1.82) is 0 Å². The van der Waals surface area contributed by atoms with E-state index in [9.17, 15) is 14.0 Å². The summed E-state index contributed by atoms with van der Waals surface area (Å²) in [5.74, 6) is -1.18. The zero-order chi connectivity index (χ0) is 16.4. The number of hydrogen-bond donors (Lipinski definition) is 2. The predicted molar refractivity (Wildman–Crippen MR) is 81.8 cm³/mol. The SMILES string of the molecule is CCN(CCCCC(=O)O)CC(=O)NCc1ccc(F)cc1. The Morgan fingerprint density at radius 1 is 1.23 bits per heavy atom. The van der Waals surface area contributed by atoms with Crippen LogP contribution in [0.3, 0.4) is 0 Å². The topological polar surface area (TPSA) is 69.6 Å². The number of halogens is 1. The Kier molecular flexibility index (Phi) is 8.14. The summed E-state index contributed by atoms with van der Waals surface area (Å²) in [5, 5.41) is 11.4. The molecule has 122 valence electrons. The summed E-state index contributed by atoms with van der Waals surface area (Å²) in [5.41, 5.74) is 0.847. The van der Waals surface area contributed by atoms with Crippen LogP contribution in [0.4, 0.5) is 4.39 Å². The van der Waals surface area contributed by atoms with Crippen molar-refractivity contribution in [1.82, 2.24) is 10.2 Å². The summed E-state index contributed by atoms with van der Waals surface area (Å²) >= 11 is 0. The number of carboxylic acids is 1. The van der Waals surface area contributed by atoms with Crippen LogP contribution in [0, 0.1) is 5.82 Å². The van der Waals surface area contributed by atoms with E-state index < -0.39 is 5.97 Å². The third-order valence-electron chi connectivity index (χ3n) is 3.33. The highest BCUT2D eigenvalue weighted by molar-refractivity contribution is 5.78. The van der Waals surface area contributed by atoms with Crippen molar-refractivity contribution in [2.45, 2.75) is 32.7 Å². The number of carboxylic acid groups (broad SMARTS) is 1. The monoisotopic (exact) mass is 310 g/mol. The quantitative estimate of drug-likeness (QED) is 0.649. The first-order chi connectivity index (χ1) is 10.5. The van der Waals surface area contributed by atoms with Gasteiger partial charge in [0, 0.05) is 13.0 Å². The van der Waals surface area contributed by atoms with E-state index in [4.69, 9.17) is 5.11 Å². The van der Waals surface area contributed by atoms with E-state index in [-0.39, 0.29) is 24.7 Å². The lowest BCUT2D eigenvalue weighted by Gasteiger charge is -2.19. The molecular weight excluding hydrogens is 287 g/mol. The molecule has 0 saturated carbocycles. The zero-order valence-electron chi connectivity index (χ0n) is 12.8. The summed E-state index contributed by atoms with van der Waals surface area (Å²) in [6.45, 7) is 4.05. The molecule has 0 aliphatic heterocycles. The highest BCUT2D eigenvalue weighted by Gasteiger charge is 2.09. The average molecular weight is 310 g/mol. The molecule has 1 aromatic rings. The molecule has 0 atom stereocenters. The van der Waals surface area contributed by atoms with Crippen molar-refractivity contribution in [3.63, 3.8) is 0 Å². The van der Waals surface area contributed by atoms with E-state index in [1.54, 1.807) is 12.1 Å². The molecule has 0 aliphatic carbocycles. The van der Waals surface area contributed by atoms with Crippen LogP contribution in [-0.2, 0) is 16.1 Å². The third kappa shape index (κ3) is 7.73. The molecular formula is C16H23FN2O3. The van der Waals surface area contributed by atoms with Crippen LogP contribution in [0.1, 0.15) is 31.7 Å². The van der Waals surface area contributed by atoms with Gasteiger partial charge in [-0.05, 0) is 43.6 Å². The van der Waals surface area contributed by atoms with Gasteiger partial charge in [-0.1, -0.05) is 19.1 Å². The largest absolute Gasteiger partial charge is 0.481 e. The number of amides is 1. The molecule has 0 saturated heterocycles. The number of benzene rings is 1. The normalized spacial score (nSPS) is 10.7. The van der Waals surface area contributed by atoms with E-state index in [0.717, 1.165) is 18.5 Å². The van der Waals surface area contributed by atoms with Crippen LogP contribution in [0.2, 0.25) is 0 Å². The van der Waals surface area contributed by atoms with Gasteiger partial charge >= 0.3 is 5.97 Å². The van der Waals surface area contributed by atoms with Crippen LogP contribution in [-0.4, -0.2) is 41.5 Å². The molecule has 1 aromatic carbocycles. The summed E-state index contributed by atoms with van der Waals surface area (Å²) in [7, 11) is 0. The fourth-order valence-electron chi connectivity index (χ4n) is 2.02. The molecule has 1 amide bonds. The molecule has 0 aliphatic rings. The minimum atomic E-state index is -0.792. The molecule has 0 bridgehead atoms. The highest BCUT2D eigenvalue weighted by Crippen LogP contribution is 2.02. The molecule has 5 nitrogen and oxygen atoms in total. The number of rotatable bonds is 10. The van der Waals surface area contributed by atoms with E-state index >= 15 is 0 Å². The Hall–Kier alpha value is -1.95. The second-order valence-corrected chi connectivity index (χ2v) is 5.12. The van der Waals surface area contributed by atoms with Crippen LogP contribution < -0.4 is 5.32 Å². The minimum absolute atomic E-state index is 0.0931. The van der Waals surface area contributed by atoms with E-state index in [1.807, 2.05) is 11.8 Å². The molecule has 6 heteroatoms. The maximum Gasteiger partial charge on any atom is 0.303 e. The number of likely N-dealkylation sites (N-methyl/N-ethyl adjacent to an activating group) is 1. The molecule has 2 N–H and O–H groups in total. The highest BCUT2D eigenvalue weighted by atomic mass is 19.1. The third-order valence-corrected chi connectivity index (χ3v) is 3.33. The summed E-state index contributed by atoms with van der Waals surface area (Å²) < 4.78 is 12.8. The van der Waals surface area contributed by atoms with E-state index in [1.165, 1.54) is 12.1 Å². The minimum Gasteiger partial charge on any atom is -0.481 e. The first kappa shape index (κ1) is 18.1. The van der Waals surface area contributed by atoms with Gasteiger partial charge in [-0.25, -0.2) is 4.39 Å². The van der Waals surface area contributed by atoms with Gasteiger partial charge in [0.15, 0.2) is 0 Å². The number of hydrogen-bond acceptors (Lipinski definition) is 3. The number of carbonyl (C=O) groups is 2. The van der Waals surface area contributed by atoms with Gasteiger partial charge in [0.05, 0.1) is 6.54 Å². The van der Waals surface area contributed by atoms with Crippen molar-refractivity contribution < 1.29 is 19.1 Å². The molecule has 0 radical (unpaired) electrons. The molecule has 0 aromatic heterocycles. The van der Waals surface area contributed by atoms with Gasteiger partial charge in [0.25, 0.3) is 0 Å². The molecule has 22 heavy (non-hydrogen) atoms. The van der Waals surface area contributed by atoms with Crippen molar-refractivity contribution >= 4 is 11.9 Å². The molecule has 1 rings (SSSR count). The molecule has 0 unspecified atom stereocenters. The fourth-order valence-corrected chi connectivity index (χ4v) is 2.02. The zero-order valence-corrected chi connectivity index (χ0v) is 12.8. The Labute approximate surface area is 130 Å².